The van der Waals surface area contributed by atoms with Crippen LogP contribution in [0, 0.1) is 5.41 Å². The number of ether oxygens (including phenoxy) is 1. The van der Waals surface area contributed by atoms with Crippen LogP contribution in [0.2, 0.25) is 0 Å². The van der Waals surface area contributed by atoms with Crippen LogP contribution < -0.4 is 4.74 Å². The first kappa shape index (κ1) is 21.3. The van der Waals surface area contributed by atoms with E-state index in [1.807, 2.05) is 0 Å². The normalized spacial score (nSPS) is 13.7. The maximum atomic E-state index is 12.7. The maximum Gasteiger partial charge on any atom is 0.426 e. The maximum absolute atomic E-state index is 12.7. The quantitative estimate of drug-likeness (QED) is 0.473. The highest BCUT2D eigenvalue weighted by atomic mass is 19.4. The number of carbonyl (C=O) groups excluding carboxylic acids is 1. The van der Waals surface area contributed by atoms with Crippen LogP contribution in [0.3, 0.4) is 0 Å². The Morgan fingerprint density at radius 2 is 1.44 bits per heavy atom. The standard InChI is InChI=1S/C16H18F6O3/c1-4-13(2,3)12(23)25-11-7-5-10(6-8-11)9-14(24,15(17,18)19)16(20,21)22/h5-8,24H,4,9H2,1-3H3. The van der Waals surface area contributed by atoms with E-state index in [-0.39, 0.29) is 5.75 Å². The lowest BCUT2D eigenvalue weighted by atomic mass is 9.90. The highest BCUT2D eigenvalue weighted by molar-refractivity contribution is 5.78. The molecule has 0 aliphatic rings. The zero-order valence-corrected chi connectivity index (χ0v) is 13.8. The molecule has 0 aliphatic carbocycles. The van der Waals surface area contributed by atoms with Crippen molar-refractivity contribution in [2.45, 2.75) is 51.6 Å². The molecule has 0 aromatic heterocycles. The lowest BCUT2D eigenvalue weighted by Gasteiger charge is -2.32. The van der Waals surface area contributed by atoms with Crippen LogP contribution in [0.5, 0.6) is 5.75 Å². The monoisotopic (exact) mass is 372 g/mol. The first-order valence-corrected chi connectivity index (χ1v) is 7.31. The largest absolute Gasteiger partial charge is 0.426 e. The van der Waals surface area contributed by atoms with Gasteiger partial charge in [-0.25, -0.2) is 0 Å². The Hall–Kier alpha value is -1.77. The summed E-state index contributed by atoms with van der Waals surface area (Å²) in [5, 5.41) is 9.16. The average molecular weight is 372 g/mol. The molecule has 0 amide bonds. The summed E-state index contributed by atoms with van der Waals surface area (Å²) in [7, 11) is 0. The second-order valence-corrected chi connectivity index (χ2v) is 6.30. The van der Waals surface area contributed by atoms with E-state index in [1.165, 1.54) is 0 Å². The van der Waals surface area contributed by atoms with Crippen molar-refractivity contribution in [3.63, 3.8) is 0 Å². The number of hydrogen-bond acceptors (Lipinski definition) is 3. The highest BCUT2D eigenvalue weighted by Gasteiger charge is 2.70. The van der Waals surface area contributed by atoms with Crippen molar-refractivity contribution < 1.29 is 41.0 Å². The summed E-state index contributed by atoms with van der Waals surface area (Å²) < 4.78 is 81.1. The Bertz CT molecular complexity index is 588. The van der Waals surface area contributed by atoms with Gasteiger partial charge in [-0.1, -0.05) is 19.1 Å². The van der Waals surface area contributed by atoms with Crippen molar-refractivity contribution in [2.24, 2.45) is 5.41 Å². The number of benzene rings is 1. The summed E-state index contributed by atoms with van der Waals surface area (Å²) in [5.74, 6) is -0.595. The first-order chi connectivity index (χ1) is 11.1. The summed E-state index contributed by atoms with van der Waals surface area (Å²) in [6.45, 7) is 5.03. The third-order valence-electron chi connectivity index (χ3n) is 3.97. The van der Waals surface area contributed by atoms with Crippen molar-refractivity contribution in [3.8, 4) is 5.75 Å². The molecule has 0 aliphatic heterocycles. The molecule has 0 fully saturated rings. The lowest BCUT2D eigenvalue weighted by Crippen LogP contribution is -2.58. The van der Waals surface area contributed by atoms with E-state index in [2.05, 4.69) is 0 Å². The Morgan fingerprint density at radius 1 is 1.00 bits per heavy atom. The van der Waals surface area contributed by atoms with E-state index in [1.54, 1.807) is 20.8 Å². The Kier molecular flexibility index (Phi) is 5.83. The second-order valence-electron chi connectivity index (χ2n) is 6.30. The zero-order chi connectivity index (χ0) is 19.7. The van der Waals surface area contributed by atoms with Gasteiger partial charge in [-0.05, 0) is 38.0 Å². The van der Waals surface area contributed by atoms with E-state index >= 15 is 0 Å². The molecule has 0 saturated heterocycles. The molecular formula is C16H18F6O3. The third-order valence-corrected chi connectivity index (χ3v) is 3.97. The van der Waals surface area contributed by atoms with E-state index < -0.39 is 41.3 Å². The number of carbonyl (C=O) groups is 1. The van der Waals surface area contributed by atoms with Gasteiger partial charge in [0.05, 0.1) is 5.41 Å². The molecular weight excluding hydrogens is 354 g/mol. The number of esters is 1. The Morgan fingerprint density at radius 3 is 1.80 bits per heavy atom. The molecule has 0 heterocycles. The molecule has 142 valence electrons. The average Bonchev–Trinajstić information content (AvgIpc) is 2.46. The minimum absolute atomic E-state index is 0.0159. The van der Waals surface area contributed by atoms with E-state index in [4.69, 9.17) is 9.84 Å². The summed E-state index contributed by atoms with van der Waals surface area (Å²) in [4.78, 5) is 11.9. The van der Waals surface area contributed by atoms with E-state index in [0.717, 1.165) is 24.3 Å². The van der Waals surface area contributed by atoms with Gasteiger partial charge in [-0.15, -0.1) is 0 Å². The predicted octanol–water partition coefficient (Wildman–Crippen LogP) is 4.43. The summed E-state index contributed by atoms with van der Waals surface area (Å²) in [5.41, 5.74) is -6.06. The molecule has 3 nitrogen and oxygen atoms in total. The smallest absolute Gasteiger partial charge is 0.426 e. The van der Waals surface area contributed by atoms with Gasteiger partial charge in [-0.2, -0.15) is 26.3 Å². The Labute approximate surface area is 140 Å². The van der Waals surface area contributed by atoms with Crippen LogP contribution in [-0.4, -0.2) is 29.0 Å². The van der Waals surface area contributed by atoms with Crippen LogP contribution in [0.15, 0.2) is 24.3 Å². The molecule has 1 N–H and O–H groups in total. The minimum atomic E-state index is -5.89. The number of hydrogen-bond donors (Lipinski definition) is 1. The SMILES string of the molecule is CCC(C)(C)C(=O)Oc1ccc(CC(O)(C(F)(F)F)C(F)(F)F)cc1. The van der Waals surface area contributed by atoms with Gasteiger partial charge in [0, 0.05) is 6.42 Å². The molecule has 0 atom stereocenters. The van der Waals surface area contributed by atoms with Crippen LogP contribution in [0.4, 0.5) is 26.3 Å². The van der Waals surface area contributed by atoms with Crippen LogP contribution in [0.1, 0.15) is 32.8 Å². The number of aliphatic hydroxyl groups is 1. The third kappa shape index (κ3) is 4.65. The summed E-state index contributed by atoms with van der Waals surface area (Å²) in [6, 6.07) is 4.02. The lowest BCUT2D eigenvalue weighted by molar-refractivity contribution is -0.367. The molecule has 9 heteroatoms. The number of alkyl halides is 6. The Balaban J connectivity index is 2.98. The van der Waals surface area contributed by atoms with E-state index in [0.29, 0.717) is 6.42 Å². The molecule has 25 heavy (non-hydrogen) atoms. The molecule has 0 saturated carbocycles. The van der Waals surface area contributed by atoms with Crippen LogP contribution >= 0.6 is 0 Å². The summed E-state index contributed by atoms with van der Waals surface area (Å²) in [6.07, 6.45) is -13.0. The van der Waals surface area contributed by atoms with Crippen molar-refractivity contribution in [2.75, 3.05) is 0 Å². The van der Waals surface area contributed by atoms with Crippen molar-refractivity contribution in [3.05, 3.63) is 29.8 Å². The van der Waals surface area contributed by atoms with E-state index in [9.17, 15) is 31.1 Å². The van der Waals surface area contributed by atoms with Crippen LogP contribution in [-0.2, 0) is 11.2 Å². The highest BCUT2D eigenvalue weighted by Crippen LogP contribution is 2.45. The van der Waals surface area contributed by atoms with Crippen LogP contribution in [0.25, 0.3) is 0 Å². The number of rotatable bonds is 5. The van der Waals surface area contributed by atoms with Crippen molar-refractivity contribution in [1.29, 1.82) is 0 Å². The molecule has 1 rings (SSSR count). The first-order valence-electron chi connectivity index (χ1n) is 7.31. The molecule has 0 unspecified atom stereocenters. The van der Waals surface area contributed by atoms with Crippen molar-refractivity contribution in [1.82, 2.24) is 0 Å². The fraction of sp³-hybridized carbons (Fsp3) is 0.562. The number of halogens is 6. The fourth-order valence-corrected chi connectivity index (χ4v) is 1.72. The van der Waals surface area contributed by atoms with Gasteiger partial charge in [0.2, 0.25) is 0 Å². The minimum Gasteiger partial charge on any atom is -0.426 e. The fourth-order valence-electron chi connectivity index (χ4n) is 1.72. The molecule has 0 radical (unpaired) electrons. The van der Waals surface area contributed by atoms with Crippen molar-refractivity contribution >= 4 is 5.97 Å². The van der Waals surface area contributed by atoms with Gasteiger partial charge in [0.15, 0.2) is 0 Å². The molecule has 1 aromatic carbocycles. The van der Waals surface area contributed by atoms with Gasteiger partial charge >= 0.3 is 18.3 Å². The predicted molar refractivity (Wildman–Crippen MR) is 76.9 cm³/mol. The molecule has 0 spiro atoms. The van der Waals surface area contributed by atoms with Gasteiger partial charge in [0.1, 0.15) is 5.75 Å². The zero-order valence-electron chi connectivity index (χ0n) is 13.8. The molecule has 1 aromatic rings. The van der Waals surface area contributed by atoms with Gasteiger partial charge in [0.25, 0.3) is 5.60 Å². The van der Waals surface area contributed by atoms with Gasteiger partial charge < -0.3 is 9.84 Å². The second kappa shape index (κ2) is 6.86. The van der Waals surface area contributed by atoms with Gasteiger partial charge in [-0.3, -0.25) is 4.79 Å². The molecule has 0 bridgehead atoms. The topological polar surface area (TPSA) is 46.5 Å². The summed E-state index contributed by atoms with van der Waals surface area (Å²) >= 11 is 0.